The second-order valence-electron chi connectivity index (χ2n) is 4.44. The number of hydrogen-bond acceptors (Lipinski definition) is 3. The van der Waals surface area contributed by atoms with Crippen LogP contribution in [0, 0.1) is 5.82 Å². The maximum Gasteiger partial charge on any atom is 0.123 e. The fraction of sp³-hybridized carbons (Fsp3) is 0.125. The van der Waals surface area contributed by atoms with E-state index in [1.165, 1.54) is 12.1 Å². The van der Waals surface area contributed by atoms with Crippen molar-refractivity contribution in [1.29, 1.82) is 0 Å². The Bertz CT molecular complexity index is 690. The summed E-state index contributed by atoms with van der Waals surface area (Å²) in [6.07, 6.45) is 2.68. The van der Waals surface area contributed by atoms with E-state index in [-0.39, 0.29) is 5.82 Å². The Hall–Kier alpha value is -1.94. The summed E-state index contributed by atoms with van der Waals surface area (Å²) in [6, 6.07) is 14.3. The van der Waals surface area contributed by atoms with Crippen molar-refractivity contribution >= 4 is 33.9 Å². The molecule has 0 unspecified atom stereocenters. The molecule has 0 saturated carbocycles. The largest absolute Gasteiger partial charge is 0.250 e. The Labute approximate surface area is 121 Å². The summed E-state index contributed by atoms with van der Waals surface area (Å²) in [5, 5.41) is 1.01. The van der Waals surface area contributed by atoms with E-state index in [9.17, 15) is 4.39 Å². The molecule has 0 aromatic heterocycles. The van der Waals surface area contributed by atoms with Gasteiger partial charge in [-0.25, -0.2) is 9.38 Å². The van der Waals surface area contributed by atoms with Gasteiger partial charge in [-0.1, -0.05) is 24.3 Å². The summed E-state index contributed by atoms with van der Waals surface area (Å²) in [6.45, 7) is 0. The molecular formula is C16H13FN2S. The number of fused-ring (bicyclic) bond motifs is 1. The highest BCUT2D eigenvalue weighted by atomic mass is 32.2. The first-order chi connectivity index (χ1) is 9.76. The lowest BCUT2D eigenvalue weighted by Crippen LogP contribution is -2.05. The molecule has 0 fully saturated rings. The highest BCUT2D eigenvalue weighted by Crippen LogP contribution is 2.32. The molecule has 2 aromatic carbocycles. The van der Waals surface area contributed by atoms with Gasteiger partial charge >= 0.3 is 0 Å². The fourth-order valence-electron chi connectivity index (χ4n) is 2.08. The molecule has 0 N–H and O–H groups in total. The first-order valence-electron chi connectivity index (χ1n) is 6.30. The Morgan fingerprint density at radius 1 is 0.950 bits per heavy atom. The normalized spacial score (nSPS) is 14.1. The number of nitrogens with zero attached hydrogens (tertiary/aromatic N) is 2. The fourth-order valence-corrected chi connectivity index (χ4v) is 2.55. The number of benzene rings is 2. The first kappa shape index (κ1) is 13.1. The van der Waals surface area contributed by atoms with Crippen LogP contribution >= 0.6 is 11.8 Å². The molecule has 1 heterocycles. The van der Waals surface area contributed by atoms with Crippen LogP contribution in [-0.4, -0.2) is 17.0 Å². The number of halogens is 1. The molecule has 0 bridgehead atoms. The molecule has 2 aromatic rings. The third kappa shape index (κ3) is 2.65. The number of rotatable bonds is 1. The third-order valence-corrected chi connectivity index (χ3v) is 3.82. The zero-order valence-electron chi connectivity index (χ0n) is 11.0. The summed E-state index contributed by atoms with van der Waals surface area (Å²) in [5.41, 5.74) is 3.60. The van der Waals surface area contributed by atoms with Gasteiger partial charge in [-0.05, 0) is 36.1 Å². The molecule has 0 radical (unpaired) electrons. The molecule has 1 aliphatic rings. The van der Waals surface area contributed by atoms with E-state index in [2.05, 4.69) is 4.99 Å². The van der Waals surface area contributed by atoms with Gasteiger partial charge < -0.3 is 0 Å². The van der Waals surface area contributed by atoms with Gasteiger partial charge in [0.15, 0.2) is 0 Å². The minimum Gasteiger partial charge on any atom is -0.250 e. The molecule has 4 heteroatoms. The maximum atomic E-state index is 13.0. The van der Waals surface area contributed by atoms with Crippen LogP contribution in [0.25, 0.3) is 0 Å². The Morgan fingerprint density at radius 3 is 2.25 bits per heavy atom. The number of para-hydroxylation sites is 2. The summed E-state index contributed by atoms with van der Waals surface area (Å²) in [7, 11) is 0. The lowest BCUT2D eigenvalue weighted by Gasteiger charge is -2.05. The number of thioether (sulfide) groups is 1. The molecule has 0 saturated heterocycles. The van der Waals surface area contributed by atoms with Crippen molar-refractivity contribution in [2.45, 2.75) is 6.42 Å². The lowest BCUT2D eigenvalue weighted by molar-refractivity contribution is 0.628. The third-order valence-electron chi connectivity index (χ3n) is 3.11. The molecule has 100 valence electrons. The van der Waals surface area contributed by atoms with Crippen molar-refractivity contribution in [2.24, 2.45) is 9.98 Å². The predicted molar refractivity (Wildman–Crippen MR) is 84.3 cm³/mol. The Balaban J connectivity index is 2.10. The van der Waals surface area contributed by atoms with Crippen molar-refractivity contribution in [3.05, 3.63) is 59.9 Å². The van der Waals surface area contributed by atoms with Crippen molar-refractivity contribution < 1.29 is 4.39 Å². The topological polar surface area (TPSA) is 24.7 Å². The Kier molecular flexibility index (Phi) is 3.65. The second-order valence-corrected chi connectivity index (χ2v) is 5.32. The average molecular weight is 284 g/mol. The molecule has 0 spiro atoms. The number of aliphatic imine (C=N–C) groups is 2. The zero-order valence-corrected chi connectivity index (χ0v) is 11.8. The number of hydrogen-bond donors (Lipinski definition) is 0. The van der Waals surface area contributed by atoms with Crippen LogP contribution in [-0.2, 0) is 0 Å². The first-order valence-corrected chi connectivity index (χ1v) is 7.53. The van der Waals surface area contributed by atoms with Crippen LogP contribution in [0.3, 0.4) is 0 Å². The van der Waals surface area contributed by atoms with E-state index in [4.69, 9.17) is 4.99 Å². The van der Waals surface area contributed by atoms with E-state index >= 15 is 0 Å². The van der Waals surface area contributed by atoms with Crippen LogP contribution in [0.4, 0.5) is 15.8 Å². The molecule has 1 aliphatic heterocycles. The van der Waals surface area contributed by atoms with Gasteiger partial charge in [0.25, 0.3) is 0 Å². The molecule has 0 amide bonds. The predicted octanol–water partition coefficient (Wildman–Crippen LogP) is 4.74. The summed E-state index contributed by atoms with van der Waals surface area (Å²) < 4.78 is 13.0. The van der Waals surface area contributed by atoms with Gasteiger partial charge in [0.05, 0.1) is 22.1 Å². The molecule has 0 aliphatic carbocycles. The molecule has 3 rings (SSSR count). The molecule has 2 nitrogen and oxygen atoms in total. The van der Waals surface area contributed by atoms with Gasteiger partial charge in [-0.3, -0.25) is 4.99 Å². The summed E-state index contributed by atoms with van der Waals surface area (Å²) in [4.78, 5) is 9.35. The van der Waals surface area contributed by atoms with Crippen molar-refractivity contribution in [1.82, 2.24) is 0 Å². The Morgan fingerprint density at radius 2 is 1.60 bits per heavy atom. The van der Waals surface area contributed by atoms with Gasteiger partial charge in [0, 0.05) is 6.42 Å². The van der Waals surface area contributed by atoms with Gasteiger partial charge in [0.2, 0.25) is 0 Å². The highest BCUT2D eigenvalue weighted by Gasteiger charge is 2.14. The van der Waals surface area contributed by atoms with Crippen LogP contribution < -0.4 is 0 Å². The van der Waals surface area contributed by atoms with Crippen molar-refractivity contribution in [3.8, 4) is 0 Å². The lowest BCUT2D eigenvalue weighted by atomic mass is 10.1. The summed E-state index contributed by atoms with van der Waals surface area (Å²) in [5.74, 6) is -0.234. The monoisotopic (exact) mass is 284 g/mol. The highest BCUT2D eigenvalue weighted by molar-refractivity contribution is 8.13. The standard InChI is InChI=1S/C16H13FN2S/c1-20-16-10-15(11-6-8-12(17)9-7-11)18-13-4-2-3-5-14(13)19-16/h2-9H,10H2,1H3. The van der Waals surface area contributed by atoms with E-state index in [0.717, 1.165) is 27.7 Å². The minimum absolute atomic E-state index is 0.234. The minimum atomic E-state index is -0.234. The van der Waals surface area contributed by atoms with Crippen LogP contribution in [0.2, 0.25) is 0 Å². The van der Waals surface area contributed by atoms with Gasteiger partial charge in [-0.15, -0.1) is 11.8 Å². The maximum absolute atomic E-state index is 13.0. The van der Waals surface area contributed by atoms with Crippen LogP contribution in [0.1, 0.15) is 12.0 Å². The second kappa shape index (κ2) is 5.59. The zero-order chi connectivity index (χ0) is 13.9. The molecule has 0 atom stereocenters. The molecular weight excluding hydrogens is 271 g/mol. The van der Waals surface area contributed by atoms with Crippen LogP contribution in [0.15, 0.2) is 58.5 Å². The van der Waals surface area contributed by atoms with E-state index < -0.39 is 0 Å². The van der Waals surface area contributed by atoms with Gasteiger partial charge in [-0.2, -0.15) is 0 Å². The van der Waals surface area contributed by atoms with E-state index in [0.29, 0.717) is 6.42 Å². The molecule has 20 heavy (non-hydrogen) atoms. The quantitative estimate of drug-likeness (QED) is 0.742. The summed E-state index contributed by atoms with van der Waals surface area (Å²) >= 11 is 1.62. The van der Waals surface area contributed by atoms with Gasteiger partial charge in [0.1, 0.15) is 5.82 Å². The van der Waals surface area contributed by atoms with E-state index in [1.807, 2.05) is 30.5 Å². The van der Waals surface area contributed by atoms with Crippen LogP contribution in [0.5, 0.6) is 0 Å². The van der Waals surface area contributed by atoms with Crippen molar-refractivity contribution in [2.75, 3.05) is 6.26 Å². The smallest absolute Gasteiger partial charge is 0.123 e. The van der Waals surface area contributed by atoms with Crippen molar-refractivity contribution in [3.63, 3.8) is 0 Å². The SMILES string of the molecule is CSC1=Nc2ccccc2N=C(c2ccc(F)cc2)C1. The average Bonchev–Trinajstić information content (AvgIpc) is 2.67. The van der Waals surface area contributed by atoms with E-state index in [1.54, 1.807) is 23.9 Å².